The number of hydrogen-bond acceptors (Lipinski definition) is 4. The maximum Gasteiger partial charge on any atom is 0.234 e. The summed E-state index contributed by atoms with van der Waals surface area (Å²) in [6.45, 7) is 5.31. The van der Waals surface area contributed by atoms with Crippen molar-refractivity contribution >= 4 is 11.7 Å². The van der Waals surface area contributed by atoms with E-state index < -0.39 is 0 Å². The Morgan fingerprint density at radius 1 is 1.53 bits per heavy atom. The van der Waals surface area contributed by atoms with Crippen LogP contribution in [0.5, 0.6) is 0 Å². The number of carbonyl (C=O) groups excluding carboxylic acids is 1. The standard InChI is InChI=1S/C11H17N5O/c1-11(6-13-7-11)10(17)15-9-2-3-14-16(9)8-4-12-5-8/h2-3,8,12-13H,4-7H2,1H3,(H,15,17). The van der Waals surface area contributed by atoms with E-state index in [1.807, 2.05) is 17.7 Å². The molecule has 17 heavy (non-hydrogen) atoms. The first-order valence-corrected chi connectivity index (χ1v) is 5.95. The van der Waals surface area contributed by atoms with Crippen molar-refractivity contribution in [3.63, 3.8) is 0 Å². The number of aromatic nitrogens is 2. The number of amides is 1. The quantitative estimate of drug-likeness (QED) is 0.665. The maximum absolute atomic E-state index is 12.1. The average Bonchev–Trinajstić information content (AvgIpc) is 2.60. The van der Waals surface area contributed by atoms with E-state index in [4.69, 9.17) is 0 Å². The van der Waals surface area contributed by atoms with Crippen LogP contribution in [0.1, 0.15) is 13.0 Å². The summed E-state index contributed by atoms with van der Waals surface area (Å²) in [6, 6.07) is 2.22. The number of rotatable bonds is 3. The fraction of sp³-hybridized carbons (Fsp3) is 0.636. The van der Waals surface area contributed by atoms with Gasteiger partial charge in [-0.1, -0.05) is 0 Å². The minimum Gasteiger partial charge on any atom is -0.315 e. The van der Waals surface area contributed by atoms with Crippen molar-refractivity contribution in [2.75, 3.05) is 31.5 Å². The molecule has 0 aliphatic carbocycles. The second-order valence-electron chi connectivity index (χ2n) is 5.09. The van der Waals surface area contributed by atoms with Crippen molar-refractivity contribution in [3.05, 3.63) is 12.3 Å². The summed E-state index contributed by atoms with van der Waals surface area (Å²) in [5.41, 5.74) is -0.271. The third-order valence-electron chi connectivity index (χ3n) is 3.60. The van der Waals surface area contributed by atoms with Gasteiger partial charge in [-0.3, -0.25) is 4.79 Å². The Bertz CT molecular complexity index is 433. The Labute approximate surface area is 99.8 Å². The van der Waals surface area contributed by atoms with Crippen LogP contribution in [-0.4, -0.2) is 41.9 Å². The zero-order valence-corrected chi connectivity index (χ0v) is 9.86. The van der Waals surface area contributed by atoms with Gasteiger partial charge >= 0.3 is 0 Å². The summed E-state index contributed by atoms with van der Waals surface area (Å²) < 4.78 is 1.89. The molecule has 0 radical (unpaired) electrons. The van der Waals surface area contributed by atoms with Gasteiger partial charge in [0.1, 0.15) is 5.82 Å². The molecule has 2 fully saturated rings. The van der Waals surface area contributed by atoms with E-state index >= 15 is 0 Å². The third kappa shape index (κ3) is 1.73. The molecular formula is C11H17N5O. The molecule has 1 amide bonds. The summed E-state index contributed by atoms with van der Waals surface area (Å²) >= 11 is 0. The van der Waals surface area contributed by atoms with Crippen LogP contribution in [0.15, 0.2) is 12.3 Å². The van der Waals surface area contributed by atoms with E-state index in [9.17, 15) is 4.79 Å². The van der Waals surface area contributed by atoms with E-state index in [2.05, 4.69) is 21.0 Å². The molecule has 2 aliphatic rings. The molecule has 3 N–H and O–H groups in total. The van der Waals surface area contributed by atoms with Crippen LogP contribution in [0.3, 0.4) is 0 Å². The summed E-state index contributed by atoms with van der Waals surface area (Å²) in [5.74, 6) is 0.875. The fourth-order valence-electron chi connectivity index (χ4n) is 2.08. The molecule has 0 saturated carbocycles. The lowest BCUT2D eigenvalue weighted by Gasteiger charge is -2.37. The van der Waals surface area contributed by atoms with Crippen LogP contribution in [0.2, 0.25) is 0 Å². The molecule has 3 rings (SSSR count). The van der Waals surface area contributed by atoms with E-state index in [1.54, 1.807) is 6.20 Å². The summed E-state index contributed by atoms with van der Waals surface area (Å²) in [4.78, 5) is 12.1. The molecule has 2 aliphatic heterocycles. The highest BCUT2D eigenvalue weighted by Gasteiger charge is 2.39. The molecule has 6 nitrogen and oxygen atoms in total. The number of nitrogens with zero attached hydrogens (tertiary/aromatic N) is 2. The number of carbonyl (C=O) groups is 1. The molecular weight excluding hydrogens is 218 g/mol. The van der Waals surface area contributed by atoms with Gasteiger partial charge in [-0.15, -0.1) is 0 Å². The van der Waals surface area contributed by atoms with E-state index in [-0.39, 0.29) is 11.3 Å². The molecule has 0 aromatic carbocycles. The largest absolute Gasteiger partial charge is 0.315 e. The lowest BCUT2D eigenvalue weighted by Crippen LogP contribution is -2.58. The Balaban J connectivity index is 1.72. The molecule has 0 atom stereocenters. The Morgan fingerprint density at radius 2 is 2.29 bits per heavy atom. The van der Waals surface area contributed by atoms with E-state index in [1.165, 1.54) is 0 Å². The van der Waals surface area contributed by atoms with Crippen LogP contribution in [0.25, 0.3) is 0 Å². The Kier molecular flexibility index (Phi) is 2.41. The van der Waals surface area contributed by atoms with Crippen LogP contribution in [0, 0.1) is 5.41 Å². The predicted molar refractivity (Wildman–Crippen MR) is 63.7 cm³/mol. The van der Waals surface area contributed by atoms with E-state index in [0.717, 1.165) is 32.0 Å². The van der Waals surface area contributed by atoms with Crippen molar-refractivity contribution in [3.8, 4) is 0 Å². The van der Waals surface area contributed by atoms with Gasteiger partial charge in [0, 0.05) is 32.2 Å². The Morgan fingerprint density at radius 3 is 2.82 bits per heavy atom. The lowest BCUT2D eigenvalue weighted by molar-refractivity contribution is -0.127. The van der Waals surface area contributed by atoms with Gasteiger partial charge < -0.3 is 16.0 Å². The number of nitrogens with one attached hydrogen (secondary N) is 3. The van der Waals surface area contributed by atoms with Gasteiger partial charge in [0.05, 0.1) is 17.7 Å². The van der Waals surface area contributed by atoms with Gasteiger partial charge in [0.25, 0.3) is 0 Å². The summed E-state index contributed by atoms with van der Waals surface area (Å²) in [6.07, 6.45) is 1.73. The first kappa shape index (κ1) is 10.7. The molecule has 0 bridgehead atoms. The van der Waals surface area contributed by atoms with Crippen molar-refractivity contribution in [1.82, 2.24) is 20.4 Å². The van der Waals surface area contributed by atoms with Crippen molar-refractivity contribution in [2.45, 2.75) is 13.0 Å². The summed E-state index contributed by atoms with van der Waals surface area (Å²) in [7, 11) is 0. The normalized spacial score (nSPS) is 22.6. The van der Waals surface area contributed by atoms with Gasteiger partial charge in [0.2, 0.25) is 5.91 Å². The van der Waals surface area contributed by atoms with Crippen LogP contribution in [0.4, 0.5) is 5.82 Å². The van der Waals surface area contributed by atoms with Crippen molar-refractivity contribution in [2.24, 2.45) is 5.41 Å². The van der Waals surface area contributed by atoms with Crippen molar-refractivity contribution < 1.29 is 4.79 Å². The highest BCUT2D eigenvalue weighted by molar-refractivity contribution is 5.95. The minimum atomic E-state index is -0.271. The smallest absolute Gasteiger partial charge is 0.234 e. The second-order valence-corrected chi connectivity index (χ2v) is 5.09. The molecule has 3 heterocycles. The zero-order chi connectivity index (χ0) is 11.9. The third-order valence-corrected chi connectivity index (χ3v) is 3.60. The van der Waals surface area contributed by atoms with Crippen molar-refractivity contribution in [1.29, 1.82) is 0 Å². The van der Waals surface area contributed by atoms with Gasteiger partial charge in [-0.2, -0.15) is 5.10 Å². The predicted octanol–water partition coefficient (Wildman–Crippen LogP) is -0.425. The first-order chi connectivity index (χ1) is 8.19. The highest BCUT2D eigenvalue weighted by atomic mass is 16.2. The second kappa shape index (κ2) is 3.82. The number of anilines is 1. The first-order valence-electron chi connectivity index (χ1n) is 5.95. The van der Waals surface area contributed by atoms with Gasteiger partial charge in [-0.25, -0.2) is 4.68 Å². The fourth-order valence-corrected chi connectivity index (χ4v) is 2.08. The molecule has 2 saturated heterocycles. The van der Waals surface area contributed by atoms with Crippen LogP contribution >= 0.6 is 0 Å². The molecule has 92 valence electrons. The number of hydrogen-bond donors (Lipinski definition) is 3. The molecule has 6 heteroatoms. The van der Waals surface area contributed by atoms with Crippen LogP contribution in [-0.2, 0) is 4.79 Å². The van der Waals surface area contributed by atoms with Gasteiger partial charge in [0.15, 0.2) is 0 Å². The molecule has 0 spiro atoms. The van der Waals surface area contributed by atoms with E-state index in [0.29, 0.717) is 6.04 Å². The average molecular weight is 235 g/mol. The topological polar surface area (TPSA) is 71.0 Å². The maximum atomic E-state index is 12.1. The molecule has 1 aromatic heterocycles. The Hall–Kier alpha value is -1.40. The van der Waals surface area contributed by atoms with Gasteiger partial charge in [-0.05, 0) is 6.92 Å². The van der Waals surface area contributed by atoms with Crippen LogP contribution < -0.4 is 16.0 Å². The molecule has 1 aromatic rings. The molecule has 0 unspecified atom stereocenters. The monoisotopic (exact) mass is 235 g/mol. The lowest BCUT2D eigenvalue weighted by atomic mass is 9.83. The minimum absolute atomic E-state index is 0.0743. The SMILES string of the molecule is CC1(C(=O)Nc2ccnn2C2CNC2)CNC1. The highest BCUT2D eigenvalue weighted by Crippen LogP contribution is 2.25. The summed E-state index contributed by atoms with van der Waals surface area (Å²) in [5, 5.41) is 13.6. The zero-order valence-electron chi connectivity index (χ0n) is 9.86.